The van der Waals surface area contributed by atoms with Crippen LogP contribution >= 0.6 is 31.9 Å². The minimum atomic E-state index is -0.0356. The van der Waals surface area contributed by atoms with Gasteiger partial charge in [0.2, 0.25) is 0 Å². The van der Waals surface area contributed by atoms with Crippen molar-refractivity contribution in [2.45, 2.75) is 13.0 Å². The van der Waals surface area contributed by atoms with Crippen LogP contribution in [-0.4, -0.2) is 42.0 Å². The number of rotatable bonds is 3. The molecule has 1 aliphatic heterocycles. The maximum Gasteiger partial charge on any atom is 0.321 e. The highest BCUT2D eigenvalue weighted by Crippen LogP contribution is 2.23. The lowest BCUT2D eigenvalue weighted by molar-refractivity contribution is 0.211. The van der Waals surface area contributed by atoms with E-state index in [1.807, 2.05) is 29.2 Å². The van der Waals surface area contributed by atoms with Crippen LogP contribution in [0.25, 0.3) is 0 Å². The molecule has 2 aromatic carbocycles. The van der Waals surface area contributed by atoms with Gasteiger partial charge >= 0.3 is 6.03 Å². The van der Waals surface area contributed by atoms with Crippen LogP contribution in [0.4, 0.5) is 10.5 Å². The third-order valence-electron chi connectivity index (χ3n) is 4.24. The number of carbonyl (C=O) groups excluding carboxylic acids is 1. The van der Waals surface area contributed by atoms with Crippen LogP contribution in [0, 0.1) is 0 Å². The zero-order valence-corrected chi connectivity index (χ0v) is 17.1. The van der Waals surface area contributed by atoms with Crippen LogP contribution < -0.4 is 5.32 Å². The van der Waals surface area contributed by atoms with Gasteiger partial charge in [-0.1, -0.05) is 62.2 Å². The topological polar surface area (TPSA) is 35.6 Å². The van der Waals surface area contributed by atoms with Gasteiger partial charge < -0.3 is 10.2 Å². The van der Waals surface area contributed by atoms with E-state index < -0.39 is 0 Å². The van der Waals surface area contributed by atoms with Gasteiger partial charge in [-0.05, 0) is 30.2 Å². The normalized spacial score (nSPS) is 15.7. The number of carbonyl (C=O) groups is 1. The average molecular weight is 467 g/mol. The van der Waals surface area contributed by atoms with Crippen LogP contribution in [0.5, 0.6) is 0 Å². The van der Waals surface area contributed by atoms with Gasteiger partial charge in [0.05, 0.1) is 0 Å². The Kier molecular flexibility index (Phi) is 6.51. The smallest absolute Gasteiger partial charge is 0.321 e. The first-order chi connectivity index (χ1) is 12.1. The molecule has 2 aromatic rings. The predicted octanol–water partition coefficient (Wildman–Crippen LogP) is 4.95. The maximum absolute atomic E-state index is 12.6. The molecule has 0 unspecified atom stereocenters. The maximum atomic E-state index is 12.6. The fraction of sp³-hybridized carbons (Fsp3) is 0.316. The third kappa shape index (κ3) is 5.56. The van der Waals surface area contributed by atoms with Crippen molar-refractivity contribution < 1.29 is 4.79 Å². The minimum absolute atomic E-state index is 0.0356. The summed E-state index contributed by atoms with van der Waals surface area (Å²) in [6.07, 6.45) is 0.989. The molecule has 25 heavy (non-hydrogen) atoms. The van der Waals surface area contributed by atoms with E-state index in [1.54, 1.807) is 0 Å². The van der Waals surface area contributed by atoms with Gasteiger partial charge in [0.25, 0.3) is 0 Å². The second-order valence-electron chi connectivity index (χ2n) is 6.19. The van der Waals surface area contributed by atoms with Crippen molar-refractivity contribution in [1.29, 1.82) is 0 Å². The van der Waals surface area contributed by atoms with Crippen LogP contribution in [0.15, 0.2) is 57.5 Å². The molecule has 1 saturated heterocycles. The van der Waals surface area contributed by atoms with Crippen LogP contribution in [0.3, 0.4) is 0 Å². The van der Waals surface area contributed by atoms with E-state index in [4.69, 9.17) is 0 Å². The van der Waals surface area contributed by atoms with Gasteiger partial charge in [0.1, 0.15) is 0 Å². The molecule has 2 amide bonds. The van der Waals surface area contributed by atoms with Crippen molar-refractivity contribution in [3.63, 3.8) is 0 Å². The van der Waals surface area contributed by atoms with Gasteiger partial charge in [-0.3, -0.25) is 4.90 Å². The predicted molar refractivity (Wildman–Crippen MR) is 109 cm³/mol. The molecular formula is C19H21Br2N3O. The molecule has 1 fully saturated rings. The summed E-state index contributed by atoms with van der Waals surface area (Å²) in [4.78, 5) is 16.9. The molecule has 4 nitrogen and oxygen atoms in total. The van der Waals surface area contributed by atoms with Crippen molar-refractivity contribution in [1.82, 2.24) is 9.80 Å². The first-order valence-electron chi connectivity index (χ1n) is 8.38. The SMILES string of the molecule is O=C(Nc1cc(Br)cc(Br)c1)N1CCCN(Cc2ccccc2)CC1. The summed E-state index contributed by atoms with van der Waals surface area (Å²) in [6, 6.07) is 16.2. The van der Waals surface area contributed by atoms with E-state index in [0.29, 0.717) is 0 Å². The van der Waals surface area contributed by atoms with Gasteiger partial charge in [0, 0.05) is 47.4 Å². The Labute approximate surface area is 165 Å². The number of urea groups is 1. The van der Waals surface area contributed by atoms with E-state index in [0.717, 1.165) is 53.8 Å². The number of amides is 2. The van der Waals surface area contributed by atoms with Crippen molar-refractivity contribution >= 4 is 43.6 Å². The standard InChI is InChI=1S/C19H21Br2N3O/c20-16-11-17(21)13-18(12-16)22-19(25)24-8-4-7-23(9-10-24)14-15-5-2-1-3-6-15/h1-3,5-6,11-13H,4,7-10,14H2,(H,22,25). The lowest BCUT2D eigenvalue weighted by Crippen LogP contribution is -2.38. The molecule has 132 valence electrons. The molecule has 1 aliphatic rings. The Hall–Kier alpha value is -1.37. The van der Waals surface area contributed by atoms with Gasteiger partial charge in [-0.15, -0.1) is 0 Å². The molecule has 0 bridgehead atoms. The number of hydrogen-bond acceptors (Lipinski definition) is 2. The summed E-state index contributed by atoms with van der Waals surface area (Å²) >= 11 is 6.90. The summed E-state index contributed by atoms with van der Waals surface area (Å²) in [5.74, 6) is 0. The molecule has 0 aliphatic carbocycles. The van der Waals surface area contributed by atoms with Crippen LogP contribution in [-0.2, 0) is 6.54 Å². The third-order valence-corrected chi connectivity index (χ3v) is 5.15. The zero-order valence-electron chi connectivity index (χ0n) is 13.9. The highest BCUT2D eigenvalue weighted by atomic mass is 79.9. The molecule has 3 rings (SSSR count). The zero-order chi connectivity index (χ0) is 17.6. The second kappa shape index (κ2) is 8.83. The molecule has 1 N–H and O–H groups in total. The number of nitrogens with one attached hydrogen (secondary N) is 1. The molecule has 0 aromatic heterocycles. The molecule has 0 saturated carbocycles. The lowest BCUT2D eigenvalue weighted by atomic mass is 10.2. The highest BCUT2D eigenvalue weighted by molar-refractivity contribution is 9.11. The monoisotopic (exact) mass is 465 g/mol. The molecule has 1 heterocycles. The van der Waals surface area contributed by atoms with Crippen LogP contribution in [0.1, 0.15) is 12.0 Å². The Morgan fingerprint density at radius 1 is 0.960 bits per heavy atom. The molecule has 6 heteroatoms. The fourth-order valence-corrected chi connectivity index (χ4v) is 4.30. The minimum Gasteiger partial charge on any atom is -0.323 e. The van der Waals surface area contributed by atoms with Crippen molar-refractivity contribution in [2.75, 3.05) is 31.5 Å². The molecular weight excluding hydrogens is 446 g/mol. The van der Waals surface area contributed by atoms with E-state index >= 15 is 0 Å². The second-order valence-corrected chi connectivity index (χ2v) is 8.02. The number of hydrogen-bond donors (Lipinski definition) is 1. The molecule has 0 radical (unpaired) electrons. The molecule has 0 spiro atoms. The van der Waals surface area contributed by atoms with E-state index in [9.17, 15) is 4.79 Å². The van der Waals surface area contributed by atoms with Crippen molar-refractivity contribution in [3.8, 4) is 0 Å². The number of benzene rings is 2. The first-order valence-corrected chi connectivity index (χ1v) is 9.97. The van der Waals surface area contributed by atoms with Crippen LogP contribution in [0.2, 0.25) is 0 Å². The van der Waals surface area contributed by atoms with E-state index in [-0.39, 0.29) is 6.03 Å². The van der Waals surface area contributed by atoms with Gasteiger partial charge in [-0.2, -0.15) is 0 Å². The van der Waals surface area contributed by atoms with Gasteiger partial charge in [0.15, 0.2) is 0 Å². The molecule has 0 atom stereocenters. The summed E-state index contributed by atoms with van der Waals surface area (Å²) in [7, 11) is 0. The fourth-order valence-electron chi connectivity index (χ4n) is 3.00. The Bertz CT molecular complexity index is 704. The summed E-state index contributed by atoms with van der Waals surface area (Å²) in [6.45, 7) is 4.38. The Morgan fingerprint density at radius 2 is 1.68 bits per heavy atom. The summed E-state index contributed by atoms with van der Waals surface area (Å²) in [5.41, 5.74) is 2.11. The lowest BCUT2D eigenvalue weighted by Gasteiger charge is -2.22. The summed E-state index contributed by atoms with van der Waals surface area (Å²) in [5, 5.41) is 2.99. The number of anilines is 1. The van der Waals surface area contributed by atoms with E-state index in [2.05, 4.69) is 66.3 Å². The Morgan fingerprint density at radius 3 is 2.40 bits per heavy atom. The Balaban J connectivity index is 1.56. The average Bonchev–Trinajstić information content (AvgIpc) is 2.80. The van der Waals surface area contributed by atoms with Crippen molar-refractivity contribution in [3.05, 3.63) is 63.0 Å². The van der Waals surface area contributed by atoms with Crippen molar-refractivity contribution in [2.24, 2.45) is 0 Å². The summed E-state index contributed by atoms with van der Waals surface area (Å²) < 4.78 is 1.86. The highest BCUT2D eigenvalue weighted by Gasteiger charge is 2.19. The van der Waals surface area contributed by atoms with Gasteiger partial charge in [-0.25, -0.2) is 4.79 Å². The largest absolute Gasteiger partial charge is 0.323 e. The number of nitrogens with zero attached hydrogens (tertiary/aromatic N) is 2. The number of halogens is 2. The quantitative estimate of drug-likeness (QED) is 0.694. The first kappa shape index (κ1) is 18.4. The van der Waals surface area contributed by atoms with E-state index in [1.165, 1.54) is 5.56 Å².